The molecule has 0 radical (unpaired) electrons. The van der Waals surface area contributed by atoms with Crippen molar-refractivity contribution in [2.45, 2.75) is 25.6 Å². The van der Waals surface area contributed by atoms with Gasteiger partial charge in [-0.05, 0) is 30.3 Å². The molecule has 3 rings (SSSR count). The highest BCUT2D eigenvalue weighted by atomic mass is 79.9. The molecule has 1 N–H and O–H groups in total. The van der Waals surface area contributed by atoms with Crippen LogP contribution in [0.3, 0.4) is 0 Å². The summed E-state index contributed by atoms with van der Waals surface area (Å²) in [4.78, 5) is 23.5. The third-order valence-electron chi connectivity index (χ3n) is 4.05. The van der Waals surface area contributed by atoms with Gasteiger partial charge in [0.05, 0.1) is 13.2 Å². The van der Waals surface area contributed by atoms with Crippen LogP contribution in [0.25, 0.3) is 0 Å². The maximum absolute atomic E-state index is 12.1. The lowest BCUT2D eigenvalue weighted by Crippen LogP contribution is -2.25. The largest absolute Gasteiger partial charge is 0.493 e. The molecular formula is C21H22BrN3O4S. The number of carbonyl (C=O) groups is 2. The smallest absolute Gasteiger partial charge is 0.241 e. The number of hydrazone groups is 1. The van der Waals surface area contributed by atoms with Crippen LogP contribution >= 0.6 is 27.7 Å². The lowest BCUT2D eigenvalue weighted by molar-refractivity contribution is -0.129. The van der Waals surface area contributed by atoms with E-state index in [0.29, 0.717) is 30.6 Å². The summed E-state index contributed by atoms with van der Waals surface area (Å²) in [5.74, 6) is 1.01. The van der Waals surface area contributed by atoms with E-state index >= 15 is 0 Å². The Labute approximate surface area is 187 Å². The Morgan fingerprint density at radius 1 is 1.13 bits per heavy atom. The van der Waals surface area contributed by atoms with E-state index < -0.39 is 5.37 Å². The molecule has 0 saturated heterocycles. The van der Waals surface area contributed by atoms with E-state index in [1.54, 1.807) is 0 Å². The number of ether oxygens (including phenoxy) is 2. The van der Waals surface area contributed by atoms with Gasteiger partial charge in [-0.2, -0.15) is 0 Å². The number of carbonyl (C=O) groups excluding carboxylic acids is 2. The maximum atomic E-state index is 12.1. The van der Waals surface area contributed by atoms with Crippen molar-refractivity contribution in [2.75, 3.05) is 13.2 Å². The van der Waals surface area contributed by atoms with Gasteiger partial charge in [0.2, 0.25) is 11.8 Å². The Balaban J connectivity index is 1.66. The number of hydrogen-bond acceptors (Lipinski definition) is 6. The predicted molar refractivity (Wildman–Crippen MR) is 120 cm³/mol. The summed E-state index contributed by atoms with van der Waals surface area (Å²) in [7, 11) is 0. The monoisotopic (exact) mass is 491 g/mol. The van der Waals surface area contributed by atoms with Crippen LogP contribution in [-0.2, 0) is 9.59 Å². The Hall–Kier alpha value is -2.52. The first-order valence-corrected chi connectivity index (χ1v) is 11.0. The molecule has 2 aromatic carbocycles. The number of amidine groups is 1. The lowest BCUT2D eigenvalue weighted by Gasteiger charge is -2.22. The fraction of sp³-hybridized carbons (Fsp3) is 0.286. The fourth-order valence-electron chi connectivity index (χ4n) is 2.76. The molecule has 1 aliphatic rings. The number of amides is 2. The minimum Gasteiger partial charge on any atom is -0.493 e. The topological polar surface area (TPSA) is 80.2 Å². The second-order valence-electron chi connectivity index (χ2n) is 6.47. The number of nitrogens with zero attached hydrogens (tertiary/aromatic N) is 2. The van der Waals surface area contributed by atoms with Crippen molar-refractivity contribution in [1.82, 2.24) is 10.3 Å². The standard InChI is InChI=1S/C21H22BrN3O4S/c1-14(26)23-21-24-25(15(2)27)20(30-21)18-13-16(22)9-10-19(18)29-12-6-11-28-17-7-4-3-5-8-17/h3-5,7-10,13,20H,6,11-12H2,1-2H3,(H,23,24,26). The summed E-state index contributed by atoms with van der Waals surface area (Å²) in [5, 5.41) is 8.18. The second-order valence-corrected chi connectivity index (χ2v) is 8.45. The summed E-state index contributed by atoms with van der Waals surface area (Å²) in [6, 6.07) is 15.3. The van der Waals surface area contributed by atoms with E-state index in [4.69, 9.17) is 9.47 Å². The van der Waals surface area contributed by atoms with E-state index in [1.807, 2.05) is 48.5 Å². The number of nitrogens with one attached hydrogen (secondary N) is 1. The summed E-state index contributed by atoms with van der Waals surface area (Å²) in [6.07, 6.45) is 0.701. The maximum Gasteiger partial charge on any atom is 0.241 e. The van der Waals surface area contributed by atoms with Gasteiger partial charge in [0, 0.05) is 30.3 Å². The average molecular weight is 492 g/mol. The van der Waals surface area contributed by atoms with Crippen LogP contribution in [0.2, 0.25) is 0 Å². The molecule has 0 saturated carbocycles. The van der Waals surface area contributed by atoms with Gasteiger partial charge in [0.25, 0.3) is 0 Å². The first-order valence-electron chi connectivity index (χ1n) is 9.37. The SMILES string of the molecule is CC(=O)NC1=NN(C(C)=O)C(c2cc(Br)ccc2OCCCOc2ccccc2)S1. The summed E-state index contributed by atoms with van der Waals surface area (Å²) >= 11 is 4.77. The molecule has 2 aromatic rings. The van der Waals surface area contributed by atoms with Crippen LogP contribution in [0.4, 0.5) is 0 Å². The molecule has 0 fully saturated rings. The van der Waals surface area contributed by atoms with Crippen molar-refractivity contribution >= 4 is 44.7 Å². The number of para-hydroxylation sites is 1. The molecule has 2 amide bonds. The molecule has 158 valence electrons. The molecule has 0 spiro atoms. The molecule has 30 heavy (non-hydrogen) atoms. The number of thioether (sulfide) groups is 1. The first-order chi connectivity index (χ1) is 14.4. The number of benzene rings is 2. The third-order valence-corrected chi connectivity index (χ3v) is 5.62. The Morgan fingerprint density at radius 2 is 1.87 bits per heavy atom. The van der Waals surface area contributed by atoms with Crippen molar-refractivity contribution in [3.05, 3.63) is 58.6 Å². The van der Waals surface area contributed by atoms with E-state index in [0.717, 1.165) is 15.8 Å². The molecule has 0 aliphatic carbocycles. The fourth-order valence-corrected chi connectivity index (χ4v) is 4.29. The normalized spacial score (nSPS) is 15.5. The highest BCUT2D eigenvalue weighted by Crippen LogP contribution is 2.43. The van der Waals surface area contributed by atoms with Gasteiger partial charge in [-0.1, -0.05) is 45.9 Å². The van der Waals surface area contributed by atoms with Crippen molar-refractivity contribution in [3.63, 3.8) is 0 Å². The van der Waals surface area contributed by atoms with Gasteiger partial charge in [-0.15, -0.1) is 5.10 Å². The zero-order valence-corrected chi connectivity index (χ0v) is 19.0. The summed E-state index contributed by atoms with van der Waals surface area (Å²) in [6.45, 7) is 3.83. The Kier molecular flexibility index (Phi) is 7.75. The average Bonchev–Trinajstić information content (AvgIpc) is 3.12. The quantitative estimate of drug-likeness (QED) is 0.584. The molecule has 1 atom stereocenters. The number of halogens is 1. The van der Waals surface area contributed by atoms with Crippen LogP contribution < -0.4 is 14.8 Å². The van der Waals surface area contributed by atoms with E-state index in [9.17, 15) is 9.59 Å². The molecule has 1 aliphatic heterocycles. The second kappa shape index (κ2) is 10.5. The number of rotatable bonds is 7. The van der Waals surface area contributed by atoms with Crippen LogP contribution in [0.1, 0.15) is 31.2 Å². The van der Waals surface area contributed by atoms with Gasteiger partial charge >= 0.3 is 0 Å². The first kappa shape index (κ1) is 22.2. The Morgan fingerprint density at radius 3 is 2.57 bits per heavy atom. The van der Waals surface area contributed by atoms with E-state index in [1.165, 1.54) is 30.6 Å². The molecule has 7 nitrogen and oxygen atoms in total. The molecule has 1 heterocycles. The highest BCUT2D eigenvalue weighted by Gasteiger charge is 2.34. The van der Waals surface area contributed by atoms with Gasteiger partial charge in [-0.3, -0.25) is 9.59 Å². The Bertz CT molecular complexity index is 939. The lowest BCUT2D eigenvalue weighted by atomic mass is 10.2. The van der Waals surface area contributed by atoms with Gasteiger partial charge in [0.1, 0.15) is 16.9 Å². The van der Waals surface area contributed by atoms with Crippen LogP contribution in [0.15, 0.2) is 58.1 Å². The van der Waals surface area contributed by atoms with Crippen molar-refractivity contribution in [2.24, 2.45) is 5.10 Å². The zero-order valence-electron chi connectivity index (χ0n) is 16.6. The van der Waals surface area contributed by atoms with Gasteiger partial charge < -0.3 is 14.8 Å². The van der Waals surface area contributed by atoms with Crippen LogP contribution in [0, 0.1) is 0 Å². The third kappa shape index (κ3) is 5.99. The summed E-state index contributed by atoms with van der Waals surface area (Å²) < 4.78 is 12.5. The number of hydrogen-bond donors (Lipinski definition) is 1. The van der Waals surface area contributed by atoms with Crippen molar-refractivity contribution < 1.29 is 19.1 Å². The predicted octanol–water partition coefficient (Wildman–Crippen LogP) is 4.30. The molecule has 0 aromatic heterocycles. The van der Waals surface area contributed by atoms with Crippen LogP contribution in [-0.4, -0.2) is 35.2 Å². The van der Waals surface area contributed by atoms with Gasteiger partial charge in [-0.25, -0.2) is 5.01 Å². The van der Waals surface area contributed by atoms with Crippen molar-refractivity contribution in [1.29, 1.82) is 0 Å². The van der Waals surface area contributed by atoms with Crippen molar-refractivity contribution in [3.8, 4) is 11.5 Å². The zero-order chi connectivity index (χ0) is 21.5. The van der Waals surface area contributed by atoms with Crippen LogP contribution in [0.5, 0.6) is 11.5 Å². The molecule has 0 bridgehead atoms. The minimum atomic E-state index is -0.433. The minimum absolute atomic E-state index is 0.227. The molecular weight excluding hydrogens is 470 g/mol. The van der Waals surface area contributed by atoms with E-state index in [2.05, 4.69) is 26.3 Å². The highest BCUT2D eigenvalue weighted by molar-refractivity contribution is 9.10. The van der Waals surface area contributed by atoms with Gasteiger partial charge in [0.15, 0.2) is 5.17 Å². The summed E-state index contributed by atoms with van der Waals surface area (Å²) in [5.41, 5.74) is 0.789. The molecule has 9 heteroatoms. The molecule has 1 unspecified atom stereocenters. The van der Waals surface area contributed by atoms with E-state index in [-0.39, 0.29) is 11.8 Å².